The molecular formula is C36H47N7O6. The third-order valence-electron chi connectivity index (χ3n) is 10.9. The van der Waals surface area contributed by atoms with Gasteiger partial charge in [-0.15, -0.1) is 0 Å². The topological polar surface area (TPSA) is 135 Å². The average Bonchev–Trinajstić information content (AvgIpc) is 3.40. The van der Waals surface area contributed by atoms with E-state index in [-0.39, 0.29) is 24.4 Å². The molecule has 0 bridgehead atoms. The molecule has 0 radical (unpaired) electrons. The van der Waals surface area contributed by atoms with Gasteiger partial charge in [0.05, 0.1) is 5.52 Å². The van der Waals surface area contributed by atoms with Crippen molar-refractivity contribution in [3.63, 3.8) is 0 Å². The van der Waals surface area contributed by atoms with Gasteiger partial charge in [-0.3, -0.25) is 14.7 Å². The van der Waals surface area contributed by atoms with Crippen molar-refractivity contribution < 1.29 is 23.5 Å². The largest absolute Gasteiger partial charge is 0.436 e. The van der Waals surface area contributed by atoms with Crippen LogP contribution in [0.15, 0.2) is 45.6 Å². The van der Waals surface area contributed by atoms with Gasteiger partial charge in [0.25, 0.3) is 5.91 Å². The summed E-state index contributed by atoms with van der Waals surface area (Å²) < 4.78 is 11.4. The molecule has 4 aliphatic rings. The highest BCUT2D eigenvalue weighted by Crippen LogP contribution is 2.26. The molecule has 3 saturated heterocycles. The fourth-order valence-corrected chi connectivity index (χ4v) is 7.94. The lowest BCUT2D eigenvalue weighted by atomic mass is 9.99. The van der Waals surface area contributed by atoms with Crippen molar-refractivity contribution in [2.45, 2.75) is 63.6 Å². The van der Waals surface area contributed by atoms with Gasteiger partial charge < -0.3 is 34.1 Å². The monoisotopic (exact) mass is 673 g/mol. The number of aromatic amines is 1. The van der Waals surface area contributed by atoms with Crippen LogP contribution in [0.5, 0.6) is 0 Å². The molecule has 0 aliphatic carbocycles. The van der Waals surface area contributed by atoms with Gasteiger partial charge in [-0.25, -0.2) is 14.4 Å². The summed E-state index contributed by atoms with van der Waals surface area (Å²) in [5.74, 6) is -0.739. The Hall–Kier alpha value is -4.36. The zero-order chi connectivity index (χ0) is 34.1. The summed E-state index contributed by atoms with van der Waals surface area (Å²) in [5, 5.41) is 3.04. The lowest BCUT2D eigenvalue weighted by Gasteiger charge is -2.42. The molecule has 262 valence electrons. The highest BCUT2D eigenvalue weighted by atomic mass is 16.6. The smallest absolute Gasteiger partial charge is 0.417 e. The second-order valence-electron chi connectivity index (χ2n) is 14.0. The lowest BCUT2D eigenvalue weighted by Crippen LogP contribution is -2.54. The number of likely N-dealkylation sites (N-methyl/N-ethyl adjacent to an activating group) is 1. The van der Waals surface area contributed by atoms with Crippen LogP contribution < -0.4 is 11.1 Å². The molecule has 2 N–H and O–H groups in total. The number of aromatic nitrogens is 1. The van der Waals surface area contributed by atoms with Gasteiger partial charge in [-0.1, -0.05) is 24.3 Å². The van der Waals surface area contributed by atoms with Crippen molar-refractivity contribution in [1.29, 1.82) is 0 Å². The van der Waals surface area contributed by atoms with E-state index in [1.165, 1.54) is 0 Å². The number of hydrogen-bond acceptors (Lipinski definition) is 8. The number of nitrogens with one attached hydrogen (secondary N) is 2. The summed E-state index contributed by atoms with van der Waals surface area (Å²) in [4.78, 5) is 65.7. The highest BCUT2D eigenvalue weighted by Gasteiger charge is 2.36. The molecule has 7 rings (SSSR count). The Kier molecular flexibility index (Phi) is 9.64. The minimum atomic E-state index is -1.03. The van der Waals surface area contributed by atoms with Crippen LogP contribution in [-0.2, 0) is 22.4 Å². The number of fused-ring (bicyclic) bond motifs is 2. The molecule has 4 aliphatic heterocycles. The number of carbonyl (C=O) groups excluding carboxylic acids is 3. The number of para-hydroxylation sites is 1. The Morgan fingerprint density at radius 1 is 0.898 bits per heavy atom. The number of hydrogen-bond donors (Lipinski definition) is 2. The van der Waals surface area contributed by atoms with Crippen molar-refractivity contribution in [2.24, 2.45) is 0 Å². The van der Waals surface area contributed by atoms with Crippen LogP contribution in [0.4, 0.5) is 15.3 Å². The third-order valence-corrected chi connectivity index (χ3v) is 10.9. The van der Waals surface area contributed by atoms with Crippen LogP contribution in [-0.4, -0.2) is 132 Å². The summed E-state index contributed by atoms with van der Waals surface area (Å²) in [5.41, 5.74) is 4.55. The van der Waals surface area contributed by atoms with E-state index in [0.717, 1.165) is 67.8 Å². The number of piperazine rings is 1. The Balaban J connectivity index is 1.01. The SMILES string of the molecule is Cc1cc(CC(OC(=O)N2CCC(N3CCc4ccccc4NC3=O)CC2)C(=O)N2CCC(N3CCN(C)CC3)CC2)cc2oc(=O)[nH]c12. The van der Waals surface area contributed by atoms with Crippen molar-refractivity contribution in [3.05, 3.63) is 63.6 Å². The predicted molar refractivity (Wildman–Crippen MR) is 185 cm³/mol. The van der Waals surface area contributed by atoms with E-state index in [0.29, 0.717) is 62.7 Å². The molecule has 49 heavy (non-hydrogen) atoms. The zero-order valence-corrected chi connectivity index (χ0v) is 28.5. The first-order valence-corrected chi connectivity index (χ1v) is 17.7. The number of aryl methyl sites for hydroxylation is 1. The van der Waals surface area contributed by atoms with Gasteiger partial charge in [0.1, 0.15) is 0 Å². The van der Waals surface area contributed by atoms with Gasteiger partial charge in [0, 0.05) is 83.1 Å². The molecule has 1 unspecified atom stereocenters. The average molecular weight is 674 g/mol. The van der Waals surface area contributed by atoms with Crippen LogP contribution in [0.3, 0.4) is 0 Å². The van der Waals surface area contributed by atoms with Crippen molar-refractivity contribution in [3.8, 4) is 0 Å². The summed E-state index contributed by atoms with van der Waals surface area (Å²) in [7, 11) is 2.15. The molecule has 2 aromatic carbocycles. The first kappa shape index (κ1) is 33.2. The molecular weight excluding hydrogens is 626 g/mol. The van der Waals surface area contributed by atoms with Gasteiger partial charge in [0.15, 0.2) is 11.7 Å². The van der Waals surface area contributed by atoms with Gasteiger partial charge in [-0.05, 0) is 74.9 Å². The fourth-order valence-electron chi connectivity index (χ4n) is 7.94. The molecule has 1 atom stereocenters. The molecule has 3 aromatic rings. The normalized spacial score (nSPS) is 20.9. The number of carbonyl (C=O) groups is 3. The van der Waals surface area contributed by atoms with E-state index in [9.17, 15) is 19.2 Å². The Labute approximate surface area is 286 Å². The highest BCUT2D eigenvalue weighted by molar-refractivity contribution is 5.91. The molecule has 4 amide bonds. The Morgan fingerprint density at radius 3 is 2.35 bits per heavy atom. The standard InChI is InChI=1S/C36H47N7O6/c1-24-21-25(22-30-32(24)38-35(46)48-30)23-31(33(44)41-12-8-27(9-13-41)40-19-17-39(2)18-20-40)49-36(47)42-14-10-28(11-15-42)43-16-7-26-5-3-4-6-29(26)37-34(43)45/h3-6,21-22,27-28,31H,7-20,23H2,1-2H3,(H,37,45)(H,38,46). The van der Waals surface area contributed by atoms with Gasteiger partial charge in [0.2, 0.25) is 0 Å². The number of ether oxygens (including phenoxy) is 1. The Morgan fingerprint density at radius 2 is 1.59 bits per heavy atom. The predicted octanol–water partition coefficient (Wildman–Crippen LogP) is 3.27. The summed E-state index contributed by atoms with van der Waals surface area (Å²) in [6.07, 6.45) is 2.41. The number of amides is 4. The van der Waals surface area contributed by atoms with E-state index in [2.05, 4.69) is 27.1 Å². The van der Waals surface area contributed by atoms with Crippen molar-refractivity contribution in [2.75, 3.05) is 71.3 Å². The van der Waals surface area contributed by atoms with Crippen LogP contribution in [0.1, 0.15) is 42.4 Å². The molecule has 13 nitrogen and oxygen atoms in total. The van der Waals surface area contributed by atoms with E-state index in [4.69, 9.17) is 9.15 Å². The van der Waals surface area contributed by atoms with E-state index in [1.54, 1.807) is 11.0 Å². The molecule has 1 aromatic heterocycles. The van der Waals surface area contributed by atoms with Crippen LogP contribution in [0, 0.1) is 6.92 Å². The number of oxazole rings is 1. The van der Waals surface area contributed by atoms with Crippen molar-refractivity contribution >= 4 is 34.8 Å². The third kappa shape index (κ3) is 7.32. The number of rotatable bonds is 6. The number of urea groups is 1. The quantitative estimate of drug-likeness (QED) is 0.408. The maximum atomic E-state index is 14.1. The molecule has 0 saturated carbocycles. The summed E-state index contributed by atoms with van der Waals surface area (Å²) in [6.45, 7) is 8.76. The van der Waals surface area contributed by atoms with Crippen LogP contribution in [0.2, 0.25) is 0 Å². The number of nitrogens with zero attached hydrogens (tertiary/aromatic N) is 5. The first-order chi connectivity index (χ1) is 23.7. The maximum Gasteiger partial charge on any atom is 0.417 e. The summed E-state index contributed by atoms with van der Waals surface area (Å²) in [6, 6.07) is 11.8. The molecule has 5 heterocycles. The number of benzene rings is 2. The van der Waals surface area contributed by atoms with E-state index < -0.39 is 18.0 Å². The summed E-state index contributed by atoms with van der Waals surface area (Å²) >= 11 is 0. The van der Waals surface area contributed by atoms with Gasteiger partial charge >= 0.3 is 17.9 Å². The second kappa shape index (κ2) is 14.2. The Bertz CT molecular complexity index is 1730. The maximum absolute atomic E-state index is 14.1. The van der Waals surface area contributed by atoms with Gasteiger partial charge in [-0.2, -0.15) is 0 Å². The zero-order valence-electron chi connectivity index (χ0n) is 28.5. The van der Waals surface area contributed by atoms with Crippen LogP contribution >= 0.6 is 0 Å². The molecule has 0 spiro atoms. The number of piperidine rings is 2. The number of likely N-dealkylation sites (tertiary alicyclic amines) is 2. The van der Waals surface area contributed by atoms with Crippen molar-refractivity contribution in [1.82, 2.24) is 29.5 Å². The van der Waals surface area contributed by atoms with E-state index >= 15 is 0 Å². The fraction of sp³-hybridized carbons (Fsp3) is 0.556. The number of anilines is 1. The minimum absolute atomic E-state index is 0.00287. The van der Waals surface area contributed by atoms with E-state index in [1.807, 2.05) is 47.1 Å². The minimum Gasteiger partial charge on any atom is -0.436 e. The first-order valence-electron chi connectivity index (χ1n) is 17.7. The number of H-pyrrole nitrogens is 1. The second-order valence-corrected chi connectivity index (χ2v) is 14.0. The van der Waals surface area contributed by atoms with Crippen LogP contribution in [0.25, 0.3) is 11.1 Å². The molecule has 13 heteroatoms. The lowest BCUT2D eigenvalue weighted by molar-refractivity contribution is -0.142. The molecule has 3 fully saturated rings.